The van der Waals surface area contributed by atoms with Crippen LogP contribution in [-0.4, -0.2) is 25.2 Å². The zero-order valence-corrected chi connectivity index (χ0v) is 17.3. The van der Waals surface area contributed by atoms with Crippen LogP contribution < -0.4 is 10.6 Å². The third-order valence-electron chi connectivity index (χ3n) is 4.21. The van der Waals surface area contributed by atoms with Gasteiger partial charge in [0.05, 0.1) is 13.2 Å². The lowest BCUT2D eigenvalue weighted by molar-refractivity contribution is 0.134. The molecular weight excluding hydrogens is 413 g/mol. The molecule has 0 atom stereocenters. The number of hydrogen-bond donors (Lipinski definition) is 2. The third-order valence-corrected chi connectivity index (χ3v) is 4.21. The van der Waals surface area contributed by atoms with Crippen LogP contribution in [0.3, 0.4) is 0 Å². The van der Waals surface area contributed by atoms with Gasteiger partial charge in [0.1, 0.15) is 0 Å². The fourth-order valence-corrected chi connectivity index (χ4v) is 2.89. The smallest absolute Gasteiger partial charge is 0.191 e. The van der Waals surface area contributed by atoms with E-state index in [9.17, 15) is 0 Å². The molecule has 1 aromatic carbocycles. The summed E-state index contributed by atoms with van der Waals surface area (Å²) in [5.74, 6) is 0.942. The highest BCUT2D eigenvalue weighted by molar-refractivity contribution is 14.0. The zero-order valence-electron chi connectivity index (χ0n) is 15.0. The van der Waals surface area contributed by atoms with Crippen LogP contribution in [-0.2, 0) is 17.9 Å². The number of ether oxygens (including phenoxy) is 1. The van der Waals surface area contributed by atoms with Gasteiger partial charge in [-0.1, -0.05) is 43.5 Å². The van der Waals surface area contributed by atoms with Crippen LogP contribution in [0.25, 0.3) is 0 Å². The van der Waals surface area contributed by atoms with Gasteiger partial charge in [0.2, 0.25) is 0 Å². The van der Waals surface area contributed by atoms with E-state index in [1.807, 2.05) is 6.92 Å². The molecule has 0 spiro atoms. The Bertz CT molecular complexity index is 470. The van der Waals surface area contributed by atoms with Crippen molar-refractivity contribution in [3.05, 3.63) is 35.4 Å². The highest BCUT2D eigenvalue weighted by Gasteiger charge is 2.14. The van der Waals surface area contributed by atoms with Crippen LogP contribution in [0, 0.1) is 0 Å². The van der Waals surface area contributed by atoms with E-state index in [0.29, 0.717) is 19.2 Å². The van der Waals surface area contributed by atoms with Crippen LogP contribution >= 0.6 is 24.0 Å². The summed E-state index contributed by atoms with van der Waals surface area (Å²) in [7, 11) is 0. The van der Waals surface area contributed by atoms with Crippen LogP contribution in [0.5, 0.6) is 0 Å². The minimum atomic E-state index is 0. The first-order chi connectivity index (χ1) is 11.3. The second kappa shape index (κ2) is 12.5. The molecular formula is C19H32IN3O. The van der Waals surface area contributed by atoms with Gasteiger partial charge in [0.15, 0.2) is 5.96 Å². The van der Waals surface area contributed by atoms with E-state index >= 15 is 0 Å². The Morgan fingerprint density at radius 1 is 1.08 bits per heavy atom. The molecule has 2 rings (SSSR count). The fourth-order valence-electron chi connectivity index (χ4n) is 2.89. The van der Waals surface area contributed by atoms with Gasteiger partial charge < -0.3 is 15.4 Å². The molecule has 2 N–H and O–H groups in total. The molecule has 1 fully saturated rings. The van der Waals surface area contributed by atoms with Crippen molar-refractivity contribution in [1.29, 1.82) is 0 Å². The quantitative estimate of drug-likeness (QED) is 0.375. The molecule has 5 heteroatoms. The Kier molecular flexibility index (Phi) is 11.1. The van der Waals surface area contributed by atoms with Gasteiger partial charge >= 0.3 is 0 Å². The van der Waals surface area contributed by atoms with Crippen molar-refractivity contribution in [2.24, 2.45) is 4.99 Å². The first-order valence-corrected chi connectivity index (χ1v) is 9.02. The first-order valence-electron chi connectivity index (χ1n) is 9.02. The number of aliphatic imine (C=N–C) groups is 1. The van der Waals surface area contributed by atoms with Crippen molar-refractivity contribution in [2.75, 3.05) is 13.2 Å². The third kappa shape index (κ3) is 7.83. The van der Waals surface area contributed by atoms with Gasteiger partial charge in [-0.25, -0.2) is 4.99 Å². The lowest BCUT2D eigenvalue weighted by atomic mass is 9.96. The highest BCUT2D eigenvalue weighted by Crippen LogP contribution is 2.17. The van der Waals surface area contributed by atoms with Crippen molar-refractivity contribution in [1.82, 2.24) is 10.6 Å². The molecule has 24 heavy (non-hydrogen) atoms. The van der Waals surface area contributed by atoms with Gasteiger partial charge in [-0.05, 0) is 37.8 Å². The van der Waals surface area contributed by atoms with Gasteiger partial charge in [0.25, 0.3) is 0 Å². The van der Waals surface area contributed by atoms with E-state index in [1.165, 1.54) is 43.2 Å². The van der Waals surface area contributed by atoms with Gasteiger partial charge in [-0.15, -0.1) is 24.0 Å². The number of nitrogens with zero attached hydrogens (tertiary/aromatic N) is 1. The van der Waals surface area contributed by atoms with Gasteiger partial charge in [0, 0.05) is 19.2 Å². The molecule has 0 bridgehead atoms. The van der Waals surface area contributed by atoms with Crippen molar-refractivity contribution in [3.8, 4) is 0 Å². The molecule has 0 aromatic heterocycles. The lowest BCUT2D eigenvalue weighted by Crippen LogP contribution is -2.44. The van der Waals surface area contributed by atoms with Crippen molar-refractivity contribution in [3.63, 3.8) is 0 Å². The molecule has 4 nitrogen and oxygen atoms in total. The molecule has 1 saturated carbocycles. The van der Waals surface area contributed by atoms with Crippen molar-refractivity contribution in [2.45, 2.75) is 65.1 Å². The summed E-state index contributed by atoms with van der Waals surface area (Å²) < 4.78 is 5.43. The predicted octanol–water partition coefficient (Wildman–Crippen LogP) is 4.23. The number of guanidine groups is 1. The molecule has 1 aliphatic rings. The van der Waals surface area contributed by atoms with Crippen molar-refractivity contribution < 1.29 is 4.74 Å². The summed E-state index contributed by atoms with van der Waals surface area (Å²) in [6, 6.07) is 9.11. The standard InChI is InChI=1S/C19H31N3O.HI/c1-3-20-19(22-18-8-6-5-7-9-18)21-14-16-10-12-17(13-11-16)15-23-4-2;/h10-13,18H,3-9,14-15H2,1-2H3,(H2,20,21,22);1H. The normalized spacial score (nSPS) is 15.7. The average molecular weight is 445 g/mol. The SMILES string of the molecule is CCNC(=NCc1ccc(COCC)cc1)NC1CCCCC1.I. The largest absolute Gasteiger partial charge is 0.377 e. The number of nitrogens with one attached hydrogen (secondary N) is 2. The van der Waals surface area contributed by atoms with Crippen LogP contribution in [0.15, 0.2) is 29.3 Å². The Balaban J connectivity index is 0.00000288. The Morgan fingerprint density at radius 3 is 2.38 bits per heavy atom. The fraction of sp³-hybridized carbons (Fsp3) is 0.632. The molecule has 1 aromatic rings. The van der Waals surface area contributed by atoms with Crippen LogP contribution in [0.2, 0.25) is 0 Å². The predicted molar refractivity (Wildman–Crippen MR) is 112 cm³/mol. The zero-order chi connectivity index (χ0) is 16.3. The molecule has 0 aliphatic heterocycles. The molecule has 1 aliphatic carbocycles. The maximum Gasteiger partial charge on any atom is 0.191 e. The summed E-state index contributed by atoms with van der Waals surface area (Å²) in [4.78, 5) is 4.73. The molecule has 0 unspecified atom stereocenters. The molecule has 0 amide bonds. The second-order valence-corrected chi connectivity index (χ2v) is 6.13. The Labute approximate surface area is 163 Å². The summed E-state index contributed by atoms with van der Waals surface area (Å²) in [6.45, 7) is 7.17. The number of halogens is 1. The van der Waals surface area contributed by atoms with E-state index in [2.05, 4.69) is 41.8 Å². The van der Waals surface area contributed by atoms with Crippen LogP contribution in [0.4, 0.5) is 0 Å². The molecule has 0 saturated heterocycles. The van der Waals surface area contributed by atoms with Gasteiger partial charge in [-0.3, -0.25) is 0 Å². The van der Waals surface area contributed by atoms with Crippen molar-refractivity contribution >= 4 is 29.9 Å². The summed E-state index contributed by atoms with van der Waals surface area (Å²) in [5.41, 5.74) is 2.44. The highest BCUT2D eigenvalue weighted by atomic mass is 127. The van der Waals surface area contributed by atoms with E-state index in [1.54, 1.807) is 0 Å². The summed E-state index contributed by atoms with van der Waals surface area (Å²) >= 11 is 0. The molecule has 0 heterocycles. The Hall–Kier alpha value is -0.820. The maximum atomic E-state index is 5.43. The number of hydrogen-bond acceptors (Lipinski definition) is 2. The first kappa shape index (κ1) is 21.2. The minimum absolute atomic E-state index is 0. The second-order valence-electron chi connectivity index (χ2n) is 6.13. The summed E-state index contributed by atoms with van der Waals surface area (Å²) in [5, 5.41) is 6.94. The van der Waals surface area contributed by atoms with E-state index in [0.717, 1.165) is 19.1 Å². The molecule has 0 radical (unpaired) electrons. The Morgan fingerprint density at radius 2 is 1.75 bits per heavy atom. The average Bonchev–Trinajstić information content (AvgIpc) is 2.60. The monoisotopic (exact) mass is 445 g/mol. The van der Waals surface area contributed by atoms with E-state index in [-0.39, 0.29) is 24.0 Å². The summed E-state index contributed by atoms with van der Waals surface area (Å²) in [6.07, 6.45) is 6.56. The number of rotatable bonds is 7. The minimum Gasteiger partial charge on any atom is -0.377 e. The van der Waals surface area contributed by atoms with Gasteiger partial charge in [-0.2, -0.15) is 0 Å². The maximum absolute atomic E-state index is 5.43. The van der Waals surface area contributed by atoms with E-state index < -0.39 is 0 Å². The van der Waals surface area contributed by atoms with E-state index in [4.69, 9.17) is 9.73 Å². The topological polar surface area (TPSA) is 45.7 Å². The number of benzene rings is 1. The molecule has 136 valence electrons. The van der Waals surface area contributed by atoms with Crippen LogP contribution in [0.1, 0.15) is 57.1 Å². The lowest BCUT2D eigenvalue weighted by Gasteiger charge is -2.24.